The molecule has 3 nitrogen and oxygen atoms in total. The second kappa shape index (κ2) is 5.08. The van der Waals surface area contributed by atoms with Gasteiger partial charge in [0.25, 0.3) is 0 Å². The molecule has 3 aromatic rings. The number of hydrogen-bond donors (Lipinski definition) is 1. The number of nitrogens with two attached hydrogens (primary N) is 1. The molecule has 0 saturated carbocycles. The van der Waals surface area contributed by atoms with E-state index in [1.807, 2.05) is 60.7 Å². The molecule has 3 heteroatoms. The van der Waals surface area contributed by atoms with Crippen LogP contribution in [0.25, 0.3) is 22.5 Å². The van der Waals surface area contributed by atoms with Crippen molar-refractivity contribution >= 4 is 0 Å². The van der Waals surface area contributed by atoms with Crippen molar-refractivity contribution in [2.45, 2.75) is 6.54 Å². The van der Waals surface area contributed by atoms with Gasteiger partial charge in [-0.2, -0.15) is 0 Å². The van der Waals surface area contributed by atoms with E-state index in [2.05, 4.69) is 5.16 Å². The Labute approximate surface area is 111 Å². The molecule has 0 fully saturated rings. The minimum atomic E-state index is 0.362. The van der Waals surface area contributed by atoms with Crippen molar-refractivity contribution in [2.24, 2.45) is 5.73 Å². The second-order valence-electron chi connectivity index (χ2n) is 4.27. The van der Waals surface area contributed by atoms with Gasteiger partial charge in [0.15, 0.2) is 5.76 Å². The molecule has 1 aromatic heterocycles. The summed E-state index contributed by atoms with van der Waals surface area (Å²) in [5.41, 5.74) is 9.60. The summed E-state index contributed by atoms with van der Waals surface area (Å²) in [5.74, 6) is 0.771. The van der Waals surface area contributed by atoms with E-state index in [0.29, 0.717) is 6.54 Å². The van der Waals surface area contributed by atoms with Crippen LogP contribution < -0.4 is 5.73 Å². The highest BCUT2D eigenvalue weighted by molar-refractivity contribution is 5.81. The molecule has 2 N–H and O–H groups in total. The maximum absolute atomic E-state index is 5.76. The third-order valence-corrected chi connectivity index (χ3v) is 3.05. The van der Waals surface area contributed by atoms with E-state index in [9.17, 15) is 0 Å². The fourth-order valence-electron chi connectivity index (χ4n) is 2.15. The van der Waals surface area contributed by atoms with Crippen LogP contribution >= 0.6 is 0 Å². The Balaban J connectivity index is 2.20. The molecule has 0 radical (unpaired) electrons. The lowest BCUT2D eigenvalue weighted by Gasteiger charge is -2.03. The average Bonchev–Trinajstić information content (AvgIpc) is 2.93. The predicted octanol–water partition coefficient (Wildman–Crippen LogP) is 3.47. The van der Waals surface area contributed by atoms with E-state index in [0.717, 1.165) is 28.1 Å². The summed E-state index contributed by atoms with van der Waals surface area (Å²) in [5, 5.41) is 4.09. The van der Waals surface area contributed by atoms with Crippen molar-refractivity contribution in [3.63, 3.8) is 0 Å². The third kappa shape index (κ3) is 2.16. The Morgan fingerprint density at radius 2 is 1.42 bits per heavy atom. The maximum Gasteiger partial charge on any atom is 0.174 e. The number of rotatable bonds is 3. The number of nitrogens with zero attached hydrogens (tertiary/aromatic N) is 1. The van der Waals surface area contributed by atoms with Crippen molar-refractivity contribution in [1.29, 1.82) is 0 Å². The van der Waals surface area contributed by atoms with Gasteiger partial charge in [0.05, 0.1) is 5.56 Å². The van der Waals surface area contributed by atoms with Crippen molar-refractivity contribution in [1.82, 2.24) is 5.16 Å². The number of aromatic nitrogens is 1. The molecule has 0 amide bonds. The highest BCUT2D eigenvalue weighted by Gasteiger charge is 2.17. The zero-order valence-corrected chi connectivity index (χ0v) is 10.4. The first-order chi connectivity index (χ1) is 9.40. The third-order valence-electron chi connectivity index (χ3n) is 3.05. The molecule has 1 heterocycles. The molecule has 2 aromatic carbocycles. The standard InChI is InChI=1S/C16H14N2O/c17-11-14-15(12-7-3-1-4-8-12)16(19-18-14)13-9-5-2-6-10-13/h1-10H,11,17H2. The Kier molecular flexibility index (Phi) is 3.12. The summed E-state index contributed by atoms with van der Waals surface area (Å²) in [7, 11) is 0. The van der Waals surface area contributed by atoms with Gasteiger partial charge < -0.3 is 10.3 Å². The van der Waals surface area contributed by atoms with Crippen LogP contribution in [-0.2, 0) is 6.54 Å². The molecule has 0 aliphatic heterocycles. The minimum absolute atomic E-state index is 0.362. The normalized spacial score (nSPS) is 10.6. The Morgan fingerprint density at radius 3 is 2.00 bits per heavy atom. The van der Waals surface area contributed by atoms with Crippen LogP contribution in [0.5, 0.6) is 0 Å². The highest BCUT2D eigenvalue weighted by Crippen LogP contribution is 2.34. The van der Waals surface area contributed by atoms with Crippen molar-refractivity contribution in [3.8, 4) is 22.5 Å². The summed E-state index contributed by atoms with van der Waals surface area (Å²) in [6.07, 6.45) is 0. The van der Waals surface area contributed by atoms with E-state index in [4.69, 9.17) is 10.3 Å². The van der Waals surface area contributed by atoms with Gasteiger partial charge in [0.1, 0.15) is 5.69 Å². The summed E-state index contributed by atoms with van der Waals surface area (Å²) in [6, 6.07) is 20.0. The fraction of sp³-hybridized carbons (Fsp3) is 0.0625. The van der Waals surface area contributed by atoms with E-state index >= 15 is 0 Å². The van der Waals surface area contributed by atoms with Crippen LogP contribution in [0.1, 0.15) is 5.69 Å². The first kappa shape index (κ1) is 11.7. The molecule has 94 valence electrons. The van der Waals surface area contributed by atoms with E-state index < -0.39 is 0 Å². The molecule has 0 bridgehead atoms. The average molecular weight is 250 g/mol. The largest absolute Gasteiger partial charge is 0.355 e. The molecular weight excluding hydrogens is 236 g/mol. The van der Waals surface area contributed by atoms with Gasteiger partial charge in [-0.15, -0.1) is 0 Å². The topological polar surface area (TPSA) is 52.0 Å². The van der Waals surface area contributed by atoms with Gasteiger partial charge in [-0.3, -0.25) is 0 Å². The molecule has 0 saturated heterocycles. The SMILES string of the molecule is NCc1noc(-c2ccccc2)c1-c1ccccc1. The molecule has 3 rings (SSSR count). The minimum Gasteiger partial charge on any atom is -0.355 e. The molecule has 0 aliphatic rings. The maximum atomic E-state index is 5.76. The lowest BCUT2D eigenvalue weighted by molar-refractivity contribution is 0.424. The first-order valence-electron chi connectivity index (χ1n) is 6.19. The van der Waals surface area contributed by atoms with E-state index in [1.165, 1.54) is 0 Å². The van der Waals surface area contributed by atoms with E-state index in [1.54, 1.807) is 0 Å². The molecule has 19 heavy (non-hydrogen) atoms. The van der Waals surface area contributed by atoms with Gasteiger partial charge in [-0.05, 0) is 5.56 Å². The van der Waals surface area contributed by atoms with E-state index in [-0.39, 0.29) is 0 Å². The quantitative estimate of drug-likeness (QED) is 0.774. The van der Waals surface area contributed by atoms with Crippen LogP contribution in [0.2, 0.25) is 0 Å². The van der Waals surface area contributed by atoms with Gasteiger partial charge in [-0.1, -0.05) is 65.8 Å². The summed E-state index contributed by atoms with van der Waals surface area (Å²) in [4.78, 5) is 0. The van der Waals surface area contributed by atoms with Gasteiger partial charge in [0, 0.05) is 12.1 Å². The van der Waals surface area contributed by atoms with Gasteiger partial charge >= 0.3 is 0 Å². The number of hydrogen-bond acceptors (Lipinski definition) is 3. The van der Waals surface area contributed by atoms with Crippen LogP contribution in [0.3, 0.4) is 0 Å². The van der Waals surface area contributed by atoms with Crippen molar-refractivity contribution < 1.29 is 4.52 Å². The summed E-state index contributed by atoms with van der Waals surface area (Å²) < 4.78 is 5.50. The monoisotopic (exact) mass is 250 g/mol. The molecule has 0 spiro atoms. The summed E-state index contributed by atoms with van der Waals surface area (Å²) in [6.45, 7) is 0.362. The van der Waals surface area contributed by atoms with Crippen molar-refractivity contribution in [3.05, 3.63) is 66.4 Å². The molecule has 0 aliphatic carbocycles. The van der Waals surface area contributed by atoms with Crippen LogP contribution in [-0.4, -0.2) is 5.16 Å². The fourth-order valence-corrected chi connectivity index (χ4v) is 2.15. The predicted molar refractivity (Wildman–Crippen MR) is 75.3 cm³/mol. The Bertz CT molecular complexity index is 660. The van der Waals surface area contributed by atoms with Crippen molar-refractivity contribution in [2.75, 3.05) is 0 Å². The Hall–Kier alpha value is -2.39. The first-order valence-corrected chi connectivity index (χ1v) is 6.19. The highest BCUT2D eigenvalue weighted by atomic mass is 16.5. The summed E-state index contributed by atoms with van der Waals surface area (Å²) >= 11 is 0. The lowest BCUT2D eigenvalue weighted by Crippen LogP contribution is -1.98. The van der Waals surface area contributed by atoms with Gasteiger partial charge in [0.2, 0.25) is 0 Å². The van der Waals surface area contributed by atoms with Crippen LogP contribution in [0.15, 0.2) is 65.2 Å². The second-order valence-corrected chi connectivity index (χ2v) is 4.27. The Morgan fingerprint density at radius 1 is 0.842 bits per heavy atom. The molecular formula is C16H14N2O. The zero-order chi connectivity index (χ0) is 13.1. The molecule has 0 atom stereocenters. The zero-order valence-electron chi connectivity index (χ0n) is 10.4. The number of benzene rings is 2. The smallest absolute Gasteiger partial charge is 0.174 e. The van der Waals surface area contributed by atoms with Crippen LogP contribution in [0, 0.1) is 0 Å². The van der Waals surface area contributed by atoms with Gasteiger partial charge in [-0.25, -0.2) is 0 Å². The van der Waals surface area contributed by atoms with Crippen LogP contribution in [0.4, 0.5) is 0 Å². The molecule has 0 unspecified atom stereocenters. The lowest BCUT2D eigenvalue weighted by atomic mass is 9.99.